The molecule has 2 N–H and O–H groups in total. The van der Waals surface area contributed by atoms with E-state index in [1.165, 1.54) is 0 Å². The summed E-state index contributed by atoms with van der Waals surface area (Å²) in [7, 11) is 0. The first-order chi connectivity index (χ1) is 6.74. The van der Waals surface area contributed by atoms with Crippen LogP contribution >= 0.6 is 11.8 Å². The van der Waals surface area contributed by atoms with Gasteiger partial charge >= 0.3 is 0 Å². The predicted octanol–water partition coefficient (Wildman–Crippen LogP) is 0.346. The van der Waals surface area contributed by atoms with Crippen LogP contribution in [0.3, 0.4) is 0 Å². The van der Waals surface area contributed by atoms with E-state index in [2.05, 4.69) is 22.5 Å². The minimum atomic E-state index is 0.0790. The van der Waals surface area contributed by atoms with Crippen molar-refractivity contribution in [1.82, 2.24) is 10.6 Å². The Hall–Kier alpha value is -0.710. The van der Waals surface area contributed by atoms with Gasteiger partial charge in [-0.1, -0.05) is 18.7 Å². The van der Waals surface area contributed by atoms with E-state index in [1.807, 2.05) is 0 Å². The van der Waals surface area contributed by atoms with Crippen LogP contribution in [0.15, 0.2) is 4.99 Å². The van der Waals surface area contributed by atoms with Crippen molar-refractivity contribution in [1.29, 1.82) is 0 Å². The van der Waals surface area contributed by atoms with Crippen LogP contribution in [0.1, 0.15) is 19.8 Å². The Labute approximate surface area is 87.9 Å². The summed E-state index contributed by atoms with van der Waals surface area (Å²) >= 11 is 1.70. The number of nitrogens with zero attached hydrogens (tertiary/aromatic N) is 1. The molecule has 2 aliphatic rings. The Morgan fingerprint density at radius 3 is 3.00 bits per heavy atom. The summed E-state index contributed by atoms with van der Waals surface area (Å²) in [4.78, 5) is 15.6. The van der Waals surface area contributed by atoms with E-state index in [4.69, 9.17) is 0 Å². The monoisotopic (exact) mass is 213 g/mol. The third kappa shape index (κ3) is 2.90. The number of amides is 1. The van der Waals surface area contributed by atoms with Crippen molar-refractivity contribution in [3.8, 4) is 0 Å². The zero-order valence-corrected chi connectivity index (χ0v) is 9.06. The van der Waals surface area contributed by atoms with Crippen molar-refractivity contribution in [3.05, 3.63) is 0 Å². The van der Waals surface area contributed by atoms with E-state index in [0.717, 1.165) is 24.6 Å². The highest BCUT2D eigenvalue weighted by Crippen LogP contribution is 2.19. The van der Waals surface area contributed by atoms with Crippen LogP contribution < -0.4 is 10.6 Å². The van der Waals surface area contributed by atoms with E-state index in [0.29, 0.717) is 17.8 Å². The third-order valence-corrected chi connectivity index (χ3v) is 3.20. The lowest BCUT2D eigenvalue weighted by Gasteiger charge is -2.06. The van der Waals surface area contributed by atoms with Crippen LogP contribution in [0, 0.1) is 0 Å². The average molecular weight is 213 g/mol. The quantitative estimate of drug-likeness (QED) is 0.711. The van der Waals surface area contributed by atoms with Gasteiger partial charge in [-0.2, -0.15) is 0 Å². The second-order valence-electron chi connectivity index (χ2n) is 3.77. The Morgan fingerprint density at radius 2 is 2.43 bits per heavy atom. The molecule has 1 aliphatic heterocycles. The summed E-state index contributed by atoms with van der Waals surface area (Å²) < 4.78 is 0. The van der Waals surface area contributed by atoms with E-state index >= 15 is 0 Å². The minimum Gasteiger partial charge on any atom is -0.356 e. The van der Waals surface area contributed by atoms with Crippen LogP contribution in [0.4, 0.5) is 0 Å². The summed E-state index contributed by atoms with van der Waals surface area (Å²) in [5, 5.41) is 7.42. The first-order valence-corrected chi connectivity index (χ1v) is 5.86. The number of thioether (sulfide) groups is 1. The lowest BCUT2D eigenvalue weighted by atomic mass is 10.5. The lowest BCUT2D eigenvalue weighted by molar-refractivity contribution is -0.120. The highest BCUT2D eigenvalue weighted by molar-refractivity contribution is 8.14. The molecule has 0 spiro atoms. The van der Waals surface area contributed by atoms with Gasteiger partial charge in [0.15, 0.2) is 5.17 Å². The molecule has 4 nitrogen and oxygen atoms in total. The normalized spacial score (nSPS) is 25.8. The second kappa shape index (κ2) is 4.21. The number of carbonyl (C=O) groups is 1. The SMILES string of the molecule is CC1CN=C(NCC(=O)NC2CC2)S1. The molecule has 0 aromatic rings. The summed E-state index contributed by atoms with van der Waals surface area (Å²) in [6.07, 6.45) is 2.27. The summed E-state index contributed by atoms with van der Waals surface area (Å²) in [5.74, 6) is 0.0790. The lowest BCUT2D eigenvalue weighted by Crippen LogP contribution is -2.36. The Morgan fingerprint density at radius 1 is 1.64 bits per heavy atom. The maximum absolute atomic E-state index is 11.3. The summed E-state index contributed by atoms with van der Waals surface area (Å²) in [6.45, 7) is 3.35. The molecule has 0 aromatic carbocycles. The van der Waals surface area contributed by atoms with Crippen molar-refractivity contribution in [2.75, 3.05) is 13.1 Å². The molecule has 1 aliphatic carbocycles. The van der Waals surface area contributed by atoms with Crippen LogP contribution in [0.2, 0.25) is 0 Å². The molecular formula is C9H15N3OS. The zero-order chi connectivity index (χ0) is 9.97. The van der Waals surface area contributed by atoms with Gasteiger partial charge in [-0.25, -0.2) is 0 Å². The van der Waals surface area contributed by atoms with Crippen LogP contribution in [0.25, 0.3) is 0 Å². The summed E-state index contributed by atoms with van der Waals surface area (Å²) in [6, 6.07) is 0.446. The van der Waals surface area contributed by atoms with Crippen molar-refractivity contribution in [2.45, 2.75) is 31.1 Å². The van der Waals surface area contributed by atoms with Gasteiger partial charge in [0.1, 0.15) is 0 Å². The van der Waals surface area contributed by atoms with Gasteiger partial charge in [-0.05, 0) is 12.8 Å². The highest BCUT2D eigenvalue weighted by Gasteiger charge is 2.23. The fourth-order valence-electron chi connectivity index (χ4n) is 1.24. The van der Waals surface area contributed by atoms with Crippen LogP contribution in [-0.4, -0.2) is 35.5 Å². The molecule has 1 atom stereocenters. The largest absolute Gasteiger partial charge is 0.356 e. The number of hydrogen-bond donors (Lipinski definition) is 2. The molecule has 0 aromatic heterocycles. The van der Waals surface area contributed by atoms with Gasteiger partial charge < -0.3 is 10.6 Å². The van der Waals surface area contributed by atoms with Gasteiger partial charge in [-0.15, -0.1) is 0 Å². The van der Waals surface area contributed by atoms with Gasteiger partial charge in [-0.3, -0.25) is 9.79 Å². The van der Waals surface area contributed by atoms with E-state index < -0.39 is 0 Å². The summed E-state index contributed by atoms with van der Waals surface area (Å²) in [5.41, 5.74) is 0. The first kappa shape index (κ1) is 9.83. The first-order valence-electron chi connectivity index (χ1n) is 4.98. The average Bonchev–Trinajstić information content (AvgIpc) is 2.85. The number of carbonyl (C=O) groups excluding carboxylic acids is 1. The van der Waals surface area contributed by atoms with Crippen molar-refractivity contribution in [3.63, 3.8) is 0 Å². The molecule has 1 fully saturated rings. The second-order valence-corrected chi connectivity index (χ2v) is 5.20. The Balaban J connectivity index is 1.63. The molecule has 78 valence electrons. The Bertz CT molecular complexity index is 263. The molecule has 1 heterocycles. The molecule has 0 bridgehead atoms. The van der Waals surface area contributed by atoms with Crippen molar-refractivity contribution >= 4 is 22.8 Å². The smallest absolute Gasteiger partial charge is 0.239 e. The molecule has 5 heteroatoms. The maximum atomic E-state index is 11.3. The predicted molar refractivity (Wildman–Crippen MR) is 58.5 cm³/mol. The number of amidine groups is 1. The minimum absolute atomic E-state index is 0.0790. The molecule has 2 rings (SSSR count). The van der Waals surface area contributed by atoms with Crippen LogP contribution in [-0.2, 0) is 4.79 Å². The standard InChI is InChI=1S/C9H15N3OS/c1-6-4-10-9(14-6)11-5-8(13)12-7-2-3-7/h6-7H,2-5H2,1H3,(H,10,11)(H,12,13). The highest BCUT2D eigenvalue weighted by atomic mass is 32.2. The van der Waals surface area contributed by atoms with Gasteiger partial charge in [0.25, 0.3) is 0 Å². The van der Waals surface area contributed by atoms with Gasteiger partial charge in [0.05, 0.1) is 13.1 Å². The molecule has 1 unspecified atom stereocenters. The molecular weight excluding hydrogens is 198 g/mol. The number of aliphatic imine (C=N–C) groups is 1. The van der Waals surface area contributed by atoms with E-state index in [9.17, 15) is 4.79 Å². The number of rotatable bonds is 3. The van der Waals surface area contributed by atoms with Gasteiger partial charge in [0.2, 0.25) is 5.91 Å². The Kier molecular flexibility index (Phi) is 2.96. The number of nitrogens with one attached hydrogen (secondary N) is 2. The van der Waals surface area contributed by atoms with Crippen molar-refractivity contribution in [2.24, 2.45) is 4.99 Å². The van der Waals surface area contributed by atoms with Gasteiger partial charge in [0, 0.05) is 11.3 Å². The molecule has 14 heavy (non-hydrogen) atoms. The molecule has 0 radical (unpaired) electrons. The topological polar surface area (TPSA) is 53.5 Å². The molecule has 0 saturated heterocycles. The van der Waals surface area contributed by atoms with E-state index in [1.54, 1.807) is 11.8 Å². The fourth-order valence-corrected chi connectivity index (χ4v) is 2.07. The maximum Gasteiger partial charge on any atom is 0.239 e. The van der Waals surface area contributed by atoms with Crippen molar-refractivity contribution < 1.29 is 4.79 Å². The zero-order valence-electron chi connectivity index (χ0n) is 8.25. The van der Waals surface area contributed by atoms with Crippen LogP contribution in [0.5, 0.6) is 0 Å². The fraction of sp³-hybridized carbons (Fsp3) is 0.778. The van der Waals surface area contributed by atoms with E-state index in [-0.39, 0.29) is 5.91 Å². The molecule has 1 amide bonds. The molecule has 1 saturated carbocycles. The number of hydrogen-bond acceptors (Lipinski definition) is 4. The third-order valence-electron chi connectivity index (χ3n) is 2.15.